The van der Waals surface area contributed by atoms with Gasteiger partial charge in [-0.3, -0.25) is 0 Å². The summed E-state index contributed by atoms with van der Waals surface area (Å²) in [7, 11) is 0. The van der Waals surface area contributed by atoms with Crippen LogP contribution >= 0.6 is 0 Å². The van der Waals surface area contributed by atoms with Crippen LogP contribution in [0.25, 0.3) is 0 Å². The molecule has 0 fully saturated rings. The molecule has 19 heavy (non-hydrogen) atoms. The Balaban J connectivity index is 1.83. The Morgan fingerprint density at radius 2 is 2.11 bits per heavy atom. The van der Waals surface area contributed by atoms with Crippen LogP contribution in [-0.4, -0.2) is 6.54 Å². The van der Waals surface area contributed by atoms with E-state index in [2.05, 4.69) is 48.7 Å². The first-order valence-corrected chi connectivity index (χ1v) is 7.85. The summed E-state index contributed by atoms with van der Waals surface area (Å²) >= 11 is 0. The molecule has 1 N–H and O–H groups in total. The number of rotatable bonds is 5. The number of hydrogen-bond acceptors (Lipinski definition) is 1. The molecule has 102 valence electrons. The number of hydrogen-bond donors (Lipinski definition) is 1. The largest absolute Gasteiger partial charge is 0.307 e. The molecule has 0 aromatic heterocycles. The van der Waals surface area contributed by atoms with Gasteiger partial charge in [0.1, 0.15) is 0 Å². The molecule has 0 radical (unpaired) electrons. The van der Waals surface area contributed by atoms with E-state index in [0.717, 1.165) is 12.5 Å². The number of benzene rings is 1. The Kier molecular flexibility index (Phi) is 3.74. The van der Waals surface area contributed by atoms with E-state index < -0.39 is 0 Å². The molecule has 1 heteroatoms. The van der Waals surface area contributed by atoms with E-state index in [-0.39, 0.29) is 5.54 Å². The van der Waals surface area contributed by atoms with Gasteiger partial charge in [0.2, 0.25) is 0 Å². The smallest absolute Gasteiger partial charge is 0.0506 e. The zero-order valence-corrected chi connectivity index (χ0v) is 12.0. The fourth-order valence-corrected chi connectivity index (χ4v) is 3.88. The molecule has 1 aromatic carbocycles. The third-order valence-corrected chi connectivity index (χ3v) is 4.91. The quantitative estimate of drug-likeness (QED) is 0.614. The Labute approximate surface area is 117 Å². The molecule has 0 bridgehead atoms. The maximum absolute atomic E-state index is 3.94. The lowest BCUT2D eigenvalue weighted by Gasteiger charge is -2.39. The number of allylic oxidation sites excluding steroid dienone is 1. The van der Waals surface area contributed by atoms with E-state index in [9.17, 15) is 0 Å². The summed E-state index contributed by atoms with van der Waals surface area (Å²) < 4.78 is 0. The maximum Gasteiger partial charge on any atom is 0.0506 e. The minimum atomic E-state index is 0.235. The summed E-state index contributed by atoms with van der Waals surface area (Å²) in [6.45, 7) is 3.43. The molecule has 3 rings (SSSR count). The van der Waals surface area contributed by atoms with Crippen molar-refractivity contribution in [2.75, 3.05) is 6.54 Å². The third kappa shape index (κ3) is 2.25. The van der Waals surface area contributed by atoms with Crippen molar-refractivity contribution >= 4 is 0 Å². The Morgan fingerprint density at radius 1 is 1.21 bits per heavy atom. The van der Waals surface area contributed by atoms with Crippen molar-refractivity contribution in [3.8, 4) is 0 Å². The Hall–Kier alpha value is -1.08. The second-order valence-corrected chi connectivity index (χ2v) is 6.07. The van der Waals surface area contributed by atoms with Crippen LogP contribution in [0.3, 0.4) is 0 Å². The third-order valence-electron chi connectivity index (χ3n) is 4.91. The Morgan fingerprint density at radius 3 is 3.00 bits per heavy atom. The number of unbranched alkanes of at least 4 members (excludes halogenated alkanes) is 2. The summed E-state index contributed by atoms with van der Waals surface area (Å²) in [5, 5.41) is 3.94. The molecule has 0 heterocycles. The van der Waals surface area contributed by atoms with Gasteiger partial charge < -0.3 is 5.32 Å². The van der Waals surface area contributed by atoms with Crippen molar-refractivity contribution in [2.24, 2.45) is 5.92 Å². The fraction of sp³-hybridized carbons (Fsp3) is 0.556. The minimum absolute atomic E-state index is 0.235. The van der Waals surface area contributed by atoms with Crippen LogP contribution in [0.2, 0.25) is 0 Å². The molecule has 2 aliphatic rings. The zero-order chi connectivity index (χ0) is 13.1. The Bertz CT molecular complexity index is 463. The van der Waals surface area contributed by atoms with Crippen LogP contribution < -0.4 is 5.32 Å². The summed E-state index contributed by atoms with van der Waals surface area (Å²) in [6, 6.07) is 9.06. The van der Waals surface area contributed by atoms with Gasteiger partial charge in [-0.25, -0.2) is 0 Å². The van der Waals surface area contributed by atoms with Gasteiger partial charge in [0, 0.05) is 0 Å². The summed E-state index contributed by atoms with van der Waals surface area (Å²) in [5.74, 6) is 0.761. The highest BCUT2D eigenvalue weighted by atomic mass is 15.0. The minimum Gasteiger partial charge on any atom is -0.307 e. The highest BCUT2D eigenvalue weighted by Crippen LogP contribution is 2.47. The SMILES string of the molecule is CCCCCNC12CC=CCC1Cc1ccccc12. The van der Waals surface area contributed by atoms with Gasteiger partial charge in [-0.05, 0) is 49.3 Å². The van der Waals surface area contributed by atoms with Crippen molar-refractivity contribution in [2.45, 2.75) is 51.0 Å². The molecule has 2 atom stereocenters. The van der Waals surface area contributed by atoms with E-state index in [4.69, 9.17) is 0 Å². The first kappa shape index (κ1) is 12.9. The van der Waals surface area contributed by atoms with Crippen molar-refractivity contribution in [1.82, 2.24) is 5.32 Å². The second-order valence-electron chi connectivity index (χ2n) is 6.07. The predicted molar refractivity (Wildman–Crippen MR) is 81.2 cm³/mol. The highest BCUT2D eigenvalue weighted by Gasteiger charge is 2.45. The summed E-state index contributed by atoms with van der Waals surface area (Å²) in [5.41, 5.74) is 3.37. The van der Waals surface area contributed by atoms with Crippen LogP contribution in [0.5, 0.6) is 0 Å². The van der Waals surface area contributed by atoms with Gasteiger partial charge in [-0.2, -0.15) is 0 Å². The van der Waals surface area contributed by atoms with Gasteiger partial charge in [-0.15, -0.1) is 0 Å². The van der Waals surface area contributed by atoms with Gasteiger partial charge in [0.15, 0.2) is 0 Å². The molecule has 0 saturated carbocycles. The van der Waals surface area contributed by atoms with Gasteiger partial charge in [0.05, 0.1) is 5.54 Å². The predicted octanol–water partition coefficient (Wildman–Crippen LogP) is 4.18. The van der Waals surface area contributed by atoms with Gasteiger partial charge in [0.25, 0.3) is 0 Å². The molecule has 2 aliphatic carbocycles. The van der Waals surface area contributed by atoms with E-state index in [1.54, 1.807) is 11.1 Å². The lowest BCUT2D eigenvalue weighted by molar-refractivity contribution is 0.222. The second kappa shape index (κ2) is 5.50. The van der Waals surface area contributed by atoms with Gasteiger partial charge >= 0.3 is 0 Å². The van der Waals surface area contributed by atoms with Crippen molar-refractivity contribution < 1.29 is 0 Å². The lowest BCUT2D eigenvalue weighted by atomic mass is 9.75. The molecule has 2 unspecified atom stereocenters. The maximum atomic E-state index is 3.94. The number of fused-ring (bicyclic) bond motifs is 3. The van der Waals surface area contributed by atoms with E-state index in [1.807, 2.05) is 0 Å². The van der Waals surface area contributed by atoms with Crippen LogP contribution in [0, 0.1) is 5.92 Å². The van der Waals surface area contributed by atoms with Crippen LogP contribution in [0.15, 0.2) is 36.4 Å². The highest BCUT2D eigenvalue weighted by molar-refractivity contribution is 5.42. The van der Waals surface area contributed by atoms with E-state index in [1.165, 1.54) is 38.5 Å². The molecule has 0 saturated heterocycles. The molecule has 0 aliphatic heterocycles. The summed E-state index contributed by atoms with van der Waals surface area (Å²) in [6.07, 6.45) is 12.3. The summed E-state index contributed by atoms with van der Waals surface area (Å²) in [4.78, 5) is 0. The van der Waals surface area contributed by atoms with Crippen molar-refractivity contribution in [3.63, 3.8) is 0 Å². The topological polar surface area (TPSA) is 12.0 Å². The molecular formula is C18H25N. The standard InChI is InChI=1S/C18H25N/c1-2-3-8-13-19-18-12-7-6-10-16(18)14-15-9-4-5-11-17(15)18/h4-7,9,11,16,19H,2-3,8,10,12-14H2,1H3. The fourth-order valence-electron chi connectivity index (χ4n) is 3.88. The normalized spacial score (nSPS) is 28.2. The van der Waals surface area contributed by atoms with E-state index >= 15 is 0 Å². The first-order chi connectivity index (χ1) is 9.37. The lowest BCUT2D eigenvalue weighted by Crippen LogP contribution is -2.47. The van der Waals surface area contributed by atoms with Crippen LogP contribution in [0.4, 0.5) is 0 Å². The van der Waals surface area contributed by atoms with Crippen LogP contribution in [-0.2, 0) is 12.0 Å². The molecule has 0 spiro atoms. The van der Waals surface area contributed by atoms with Crippen LogP contribution in [0.1, 0.15) is 50.2 Å². The van der Waals surface area contributed by atoms with Gasteiger partial charge in [-0.1, -0.05) is 56.2 Å². The molecule has 1 aromatic rings. The van der Waals surface area contributed by atoms with Crippen molar-refractivity contribution in [3.05, 3.63) is 47.5 Å². The van der Waals surface area contributed by atoms with E-state index in [0.29, 0.717) is 0 Å². The van der Waals surface area contributed by atoms with Crippen molar-refractivity contribution in [1.29, 1.82) is 0 Å². The zero-order valence-electron chi connectivity index (χ0n) is 12.0. The molecular weight excluding hydrogens is 230 g/mol. The average molecular weight is 255 g/mol. The molecule has 0 amide bonds. The molecule has 1 nitrogen and oxygen atoms in total. The first-order valence-electron chi connectivity index (χ1n) is 7.85. The monoisotopic (exact) mass is 255 g/mol. The average Bonchev–Trinajstić information content (AvgIpc) is 2.78. The number of nitrogens with one attached hydrogen (secondary N) is 1.